The van der Waals surface area contributed by atoms with Crippen molar-refractivity contribution in [2.45, 2.75) is 12.7 Å². The lowest BCUT2D eigenvalue weighted by molar-refractivity contribution is 0.364. The first kappa shape index (κ1) is 31.6. The molecule has 0 fully saturated rings. The number of alkyl halides is 2. The number of halogens is 3. The molecule has 3 aromatic carbocycles. The lowest BCUT2D eigenvalue weighted by atomic mass is 10.3. The van der Waals surface area contributed by atoms with Crippen molar-refractivity contribution in [1.82, 2.24) is 15.1 Å². The van der Waals surface area contributed by atoms with Crippen molar-refractivity contribution in [2.24, 2.45) is 0 Å². The number of para-hydroxylation sites is 3. The summed E-state index contributed by atoms with van der Waals surface area (Å²) in [5, 5.41) is 5.75. The van der Waals surface area contributed by atoms with E-state index in [-0.39, 0.29) is 40.7 Å². The average molecular weight is 651 g/mol. The Morgan fingerprint density at radius 2 is 1.33 bits per heavy atom. The quantitative estimate of drug-likeness (QED) is 0.103. The van der Waals surface area contributed by atoms with E-state index in [1.165, 1.54) is 4.67 Å². The summed E-state index contributed by atoms with van der Waals surface area (Å²) < 4.78 is 47.3. The summed E-state index contributed by atoms with van der Waals surface area (Å²) in [5.74, 6) is 0.165. The van der Waals surface area contributed by atoms with E-state index in [2.05, 4.69) is 10.4 Å². The maximum atomic E-state index is 14.2. The molecule has 8 nitrogen and oxygen atoms in total. The van der Waals surface area contributed by atoms with Gasteiger partial charge in [-0.2, -0.15) is 0 Å². The van der Waals surface area contributed by atoms with Crippen LogP contribution in [0.2, 0.25) is 5.02 Å². The van der Waals surface area contributed by atoms with E-state index < -0.39 is 21.0 Å². The third-order valence-corrected chi connectivity index (χ3v) is 10.3. The molecule has 0 bridgehead atoms. The van der Waals surface area contributed by atoms with Crippen LogP contribution in [0.1, 0.15) is 6.92 Å². The largest absolute Gasteiger partial charge is 0.452 e. The van der Waals surface area contributed by atoms with Gasteiger partial charge in [-0.25, -0.2) is 13.8 Å². The Morgan fingerprint density at radius 1 is 0.846 bits per heavy atom. The summed E-state index contributed by atoms with van der Waals surface area (Å²) in [7, 11) is -7.90. The van der Waals surface area contributed by atoms with Crippen molar-refractivity contribution >= 4 is 67.4 Å². The van der Waals surface area contributed by atoms with Gasteiger partial charge in [0.2, 0.25) is 0 Å². The van der Waals surface area contributed by atoms with E-state index in [1.807, 2.05) is 0 Å². The van der Waals surface area contributed by atoms with Crippen LogP contribution in [-0.4, -0.2) is 40.4 Å². The highest BCUT2D eigenvalue weighted by atomic mass is 35.5. The first-order valence-electron chi connectivity index (χ1n) is 11.8. The first-order valence-corrected chi connectivity index (χ1v) is 16.8. The second-order valence-electron chi connectivity index (χ2n) is 7.98. The predicted octanol–water partition coefficient (Wildman–Crippen LogP) is 7.77. The van der Waals surface area contributed by atoms with Crippen molar-refractivity contribution in [2.75, 3.05) is 24.8 Å². The number of thiocarbonyl (C=S) groups is 1. The molecule has 3 rings (SSSR count). The average Bonchev–Trinajstić information content (AvgIpc) is 2.91. The van der Waals surface area contributed by atoms with E-state index in [1.54, 1.807) is 91.9 Å². The molecule has 0 aromatic heterocycles. The summed E-state index contributed by atoms with van der Waals surface area (Å²) in [6, 6.07) is 23.8. The molecular formula is C25H28Cl3N3O5P2S. The fourth-order valence-electron chi connectivity index (χ4n) is 3.24. The number of nitrogens with zero attached hydrogens (tertiary/aromatic N) is 1. The number of hydrogen-bond donors (Lipinski definition) is 2. The molecule has 2 atom stereocenters. The molecule has 3 aromatic rings. The zero-order valence-corrected chi connectivity index (χ0v) is 25.8. The highest BCUT2D eigenvalue weighted by molar-refractivity contribution is 7.81. The SMILES string of the molecule is CC(NC(=S)NP(=O)(Oc1ccccc1Cl)N(CCCl)CCCl)P(=O)(Oc1ccccc1)Oc1ccccc1. The molecular weight excluding hydrogens is 623 g/mol. The van der Waals surface area contributed by atoms with Gasteiger partial charge in [-0.1, -0.05) is 60.1 Å². The molecule has 210 valence electrons. The summed E-state index contributed by atoms with van der Waals surface area (Å²) in [6.45, 7) is 1.93. The zero-order chi connectivity index (χ0) is 28.3. The molecule has 39 heavy (non-hydrogen) atoms. The van der Waals surface area contributed by atoms with Crippen LogP contribution >= 0.6 is 62.3 Å². The minimum absolute atomic E-state index is 0.124. The van der Waals surface area contributed by atoms with Crippen LogP contribution < -0.4 is 24.0 Å². The zero-order valence-electron chi connectivity index (χ0n) is 20.9. The number of rotatable bonds is 14. The molecule has 0 radical (unpaired) electrons. The molecule has 0 aliphatic heterocycles. The predicted molar refractivity (Wildman–Crippen MR) is 163 cm³/mol. The van der Waals surface area contributed by atoms with Crippen molar-refractivity contribution in [3.05, 3.63) is 90.0 Å². The number of nitrogens with one attached hydrogen (secondary N) is 2. The highest BCUT2D eigenvalue weighted by Crippen LogP contribution is 2.52. The van der Waals surface area contributed by atoms with E-state index in [9.17, 15) is 9.13 Å². The lowest BCUT2D eigenvalue weighted by Crippen LogP contribution is -2.44. The second-order valence-corrected chi connectivity index (χ2v) is 13.8. The lowest BCUT2D eigenvalue weighted by Gasteiger charge is -2.32. The van der Waals surface area contributed by atoms with Gasteiger partial charge in [0.1, 0.15) is 17.2 Å². The fourth-order valence-corrected chi connectivity index (χ4v) is 7.97. The maximum Gasteiger partial charge on any atom is 0.452 e. The van der Waals surface area contributed by atoms with Crippen molar-refractivity contribution < 1.29 is 22.7 Å². The molecule has 0 saturated carbocycles. The van der Waals surface area contributed by atoms with E-state index in [4.69, 9.17) is 60.6 Å². The van der Waals surface area contributed by atoms with Crippen molar-refractivity contribution in [1.29, 1.82) is 0 Å². The Balaban J connectivity index is 1.86. The van der Waals surface area contributed by atoms with E-state index in [0.29, 0.717) is 11.5 Å². The Morgan fingerprint density at radius 3 is 1.82 bits per heavy atom. The monoisotopic (exact) mass is 649 g/mol. The summed E-state index contributed by atoms with van der Waals surface area (Å²) in [4.78, 5) is 0. The molecule has 0 aliphatic rings. The highest BCUT2D eigenvalue weighted by Gasteiger charge is 2.39. The molecule has 0 aliphatic carbocycles. The Hall–Kier alpha value is -1.96. The first-order chi connectivity index (χ1) is 18.7. The van der Waals surface area contributed by atoms with E-state index >= 15 is 0 Å². The molecule has 0 amide bonds. The van der Waals surface area contributed by atoms with Gasteiger partial charge in [0.05, 0.1) is 5.02 Å². The third-order valence-electron chi connectivity index (χ3n) is 5.13. The molecule has 14 heteroatoms. The van der Waals surface area contributed by atoms with Crippen LogP contribution in [0.15, 0.2) is 84.9 Å². The molecule has 0 spiro atoms. The fraction of sp³-hybridized carbons (Fsp3) is 0.240. The van der Waals surface area contributed by atoms with Crippen LogP contribution in [0.4, 0.5) is 0 Å². The smallest absolute Gasteiger partial charge is 0.416 e. The Kier molecular flexibility index (Phi) is 12.3. The molecule has 2 N–H and O–H groups in total. The van der Waals surface area contributed by atoms with Gasteiger partial charge in [0.15, 0.2) is 10.9 Å². The van der Waals surface area contributed by atoms with Crippen LogP contribution in [0.5, 0.6) is 17.2 Å². The van der Waals surface area contributed by atoms with Gasteiger partial charge in [0, 0.05) is 24.8 Å². The van der Waals surface area contributed by atoms with Gasteiger partial charge in [-0.15, -0.1) is 23.2 Å². The van der Waals surface area contributed by atoms with Gasteiger partial charge < -0.3 is 18.9 Å². The summed E-state index contributed by atoms with van der Waals surface area (Å²) >= 11 is 23.7. The van der Waals surface area contributed by atoms with Crippen LogP contribution in [0.25, 0.3) is 0 Å². The van der Waals surface area contributed by atoms with Crippen molar-refractivity contribution in [3.8, 4) is 17.2 Å². The van der Waals surface area contributed by atoms with Gasteiger partial charge >= 0.3 is 15.3 Å². The van der Waals surface area contributed by atoms with Crippen LogP contribution in [0.3, 0.4) is 0 Å². The van der Waals surface area contributed by atoms with Gasteiger partial charge in [-0.05, 0) is 55.5 Å². The van der Waals surface area contributed by atoms with Gasteiger partial charge in [-0.3, -0.25) is 5.09 Å². The van der Waals surface area contributed by atoms with Crippen molar-refractivity contribution in [3.63, 3.8) is 0 Å². The summed E-state index contributed by atoms with van der Waals surface area (Å²) in [6.07, 6.45) is 0. The van der Waals surface area contributed by atoms with Crippen LogP contribution in [0, 0.1) is 0 Å². The summed E-state index contributed by atoms with van der Waals surface area (Å²) in [5.41, 5.74) is 0. The molecule has 0 heterocycles. The van der Waals surface area contributed by atoms with E-state index in [0.717, 1.165) is 0 Å². The number of benzene rings is 3. The minimum Gasteiger partial charge on any atom is -0.416 e. The Labute approximate surface area is 249 Å². The molecule has 0 saturated heterocycles. The second kappa shape index (κ2) is 15.2. The topological polar surface area (TPSA) is 89.1 Å². The number of hydrogen-bond acceptors (Lipinski definition) is 6. The van der Waals surface area contributed by atoms with Crippen LogP contribution in [-0.2, 0) is 9.13 Å². The maximum absolute atomic E-state index is 14.2. The standard InChI is InChI=1S/C25H28Cl3N3O5P2S/c1-20(37(32,34-21-10-4-2-5-11-21)35-22-12-6-3-7-13-22)29-25(39)30-38(33,31(18-16-26)19-17-27)36-24-15-9-8-14-23(24)28/h2-15,20H,16-19H2,1H3,(H2,29,30,33,39). The Bertz CT molecular complexity index is 1260. The van der Waals surface area contributed by atoms with Gasteiger partial charge in [0.25, 0.3) is 0 Å². The normalized spacial score (nSPS) is 13.7. The minimum atomic E-state index is -3.95. The third kappa shape index (κ3) is 9.29. The molecule has 2 unspecified atom stereocenters.